The van der Waals surface area contributed by atoms with Crippen molar-refractivity contribution in [1.82, 2.24) is 10.2 Å². The summed E-state index contributed by atoms with van der Waals surface area (Å²) in [5.41, 5.74) is 2.53. The van der Waals surface area contributed by atoms with Gasteiger partial charge in [-0.05, 0) is 37.4 Å². The average molecular weight is 288 g/mol. The van der Waals surface area contributed by atoms with E-state index in [0.29, 0.717) is 12.6 Å². The van der Waals surface area contributed by atoms with Gasteiger partial charge in [0.15, 0.2) is 0 Å². The molecule has 1 fully saturated rings. The van der Waals surface area contributed by atoms with Crippen LogP contribution in [0.1, 0.15) is 51.2 Å². The molecule has 1 aromatic carbocycles. The fourth-order valence-corrected chi connectivity index (χ4v) is 2.78. The summed E-state index contributed by atoms with van der Waals surface area (Å²) in [4.78, 5) is 14.1. The number of nitrogens with zero attached hydrogens (tertiary/aromatic N) is 1. The van der Waals surface area contributed by atoms with Crippen LogP contribution in [0.15, 0.2) is 24.3 Å². The second-order valence-corrected chi connectivity index (χ2v) is 6.50. The van der Waals surface area contributed by atoms with E-state index in [-0.39, 0.29) is 11.8 Å². The maximum absolute atomic E-state index is 11.6. The molecule has 1 heterocycles. The van der Waals surface area contributed by atoms with Crippen molar-refractivity contribution in [2.45, 2.75) is 59.2 Å². The van der Waals surface area contributed by atoms with Crippen molar-refractivity contribution in [2.75, 3.05) is 6.54 Å². The van der Waals surface area contributed by atoms with E-state index in [4.69, 9.17) is 0 Å². The van der Waals surface area contributed by atoms with E-state index >= 15 is 0 Å². The van der Waals surface area contributed by atoms with E-state index in [1.165, 1.54) is 36.9 Å². The minimum absolute atomic E-state index is 0.0462. The second-order valence-electron chi connectivity index (χ2n) is 6.50. The van der Waals surface area contributed by atoms with Crippen molar-refractivity contribution in [3.63, 3.8) is 0 Å². The Hall–Kier alpha value is -1.35. The van der Waals surface area contributed by atoms with E-state index in [9.17, 15) is 4.79 Å². The van der Waals surface area contributed by atoms with E-state index in [1.54, 1.807) is 0 Å². The predicted molar refractivity (Wildman–Crippen MR) is 86.8 cm³/mol. The summed E-state index contributed by atoms with van der Waals surface area (Å²) in [6, 6.07) is 9.34. The molecule has 0 aromatic heterocycles. The smallest absolute Gasteiger partial charge is 0.222 e. The SMILES string of the molecule is CC(C)C(=O)NCc1ccc(CN2CCCCC2C)cc1. The first-order valence-electron chi connectivity index (χ1n) is 8.16. The normalized spacial score (nSPS) is 19.7. The van der Waals surface area contributed by atoms with Crippen molar-refractivity contribution in [1.29, 1.82) is 0 Å². The van der Waals surface area contributed by atoms with Crippen molar-refractivity contribution in [2.24, 2.45) is 5.92 Å². The third-order valence-corrected chi connectivity index (χ3v) is 4.34. The quantitative estimate of drug-likeness (QED) is 0.901. The molecule has 0 saturated carbocycles. The van der Waals surface area contributed by atoms with Gasteiger partial charge in [0.25, 0.3) is 0 Å². The van der Waals surface area contributed by atoms with Gasteiger partial charge in [-0.2, -0.15) is 0 Å². The summed E-state index contributed by atoms with van der Waals surface area (Å²) >= 11 is 0. The summed E-state index contributed by atoms with van der Waals surface area (Å²) in [7, 11) is 0. The summed E-state index contributed by atoms with van der Waals surface area (Å²) in [6.07, 6.45) is 4.01. The van der Waals surface area contributed by atoms with Crippen molar-refractivity contribution >= 4 is 5.91 Å². The van der Waals surface area contributed by atoms with Crippen LogP contribution in [0.4, 0.5) is 0 Å². The maximum atomic E-state index is 11.6. The van der Waals surface area contributed by atoms with E-state index < -0.39 is 0 Å². The highest BCUT2D eigenvalue weighted by Gasteiger charge is 2.17. The highest BCUT2D eigenvalue weighted by molar-refractivity contribution is 5.77. The third-order valence-electron chi connectivity index (χ3n) is 4.34. The van der Waals surface area contributed by atoms with Gasteiger partial charge in [0.2, 0.25) is 5.91 Å². The van der Waals surface area contributed by atoms with E-state index in [0.717, 1.165) is 6.54 Å². The van der Waals surface area contributed by atoms with Crippen molar-refractivity contribution in [3.05, 3.63) is 35.4 Å². The monoisotopic (exact) mass is 288 g/mol. The van der Waals surface area contributed by atoms with E-state index in [1.807, 2.05) is 13.8 Å². The largest absolute Gasteiger partial charge is 0.352 e. The molecule has 3 heteroatoms. The van der Waals surface area contributed by atoms with Crippen LogP contribution in [-0.2, 0) is 17.9 Å². The fourth-order valence-electron chi connectivity index (χ4n) is 2.78. The van der Waals surface area contributed by atoms with Crippen molar-refractivity contribution in [3.8, 4) is 0 Å². The lowest BCUT2D eigenvalue weighted by atomic mass is 10.0. The number of nitrogens with one attached hydrogen (secondary N) is 1. The summed E-state index contributed by atoms with van der Waals surface area (Å²) in [5, 5.41) is 2.96. The van der Waals surface area contributed by atoms with Gasteiger partial charge in [-0.1, -0.05) is 44.5 Å². The molecule has 116 valence electrons. The Morgan fingerprint density at radius 1 is 1.24 bits per heavy atom. The molecular weight excluding hydrogens is 260 g/mol. The zero-order chi connectivity index (χ0) is 15.2. The maximum Gasteiger partial charge on any atom is 0.222 e. The Labute approximate surface area is 128 Å². The summed E-state index contributed by atoms with van der Waals surface area (Å²) in [5.74, 6) is 0.158. The van der Waals surface area contributed by atoms with Crippen LogP contribution < -0.4 is 5.32 Å². The van der Waals surface area contributed by atoms with Gasteiger partial charge in [0.1, 0.15) is 0 Å². The minimum atomic E-state index is 0.0462. The van der Waals surface area contributed by atoms with Gasteiger partial charge in [-0.15, -0.1) is 0 Å². The molecule has 21 heavy (non-hydrogen) atoms. The molecule has 2 rings (SSSR count). The van der Waals surface area contributed by atoms with Gasteiger partial charge in [-0.3, -0.25) is 9.69 Å². The molecule has 1 aliphatic heterocycles. The zero-order valence-electron chi connectivity index (χ0n) is 13.6. The lowest BCUT2D eigenvalue weighted by molar-refractivity contribution is -0.124. The fraction of sp³-hybridized carbons (Fsp3) is 0.611. The molecule has 0 spiro atoms. The molecule has 0 radical (unpaired) electrons. The first-order valence-corrected chi connectivity index (χ1v) is 8.16. The topological polar surface area (TPSA) is 32.3 Å². The Morgan fingerprint density at radius 2 is 1.90 bits per heavy atom. The Kier molecular flexibility index (Phi) is 5.80. The van der Waals surface area contributed by atoms with Crippen LogP contribution in [0.5, 0.6) is 0 Å². The van der Waals surface area contributed by atoms with Crippen LogP contribution in [0, 0.1) is 5.92 Å². The van der Waals surface area contributed by atoms with Gasteiger partial charge >= 0.3 is 0 Å². The lowest BCUT2D eigenvalue weighted by Crippen LogP contribution is -2.36. The first kappa shape index (κ1) is 16.0. The number of amides is 1. The molecule has 1 amide bonds. The number of piperidine rings is 1. The average Bonchev–Trinajstić information content (AvgIpc) is 2.48. The number of likely N-dealkylation sites (tertiary alicyclic amines) is 1. The number of rotatable bonds is 5. The van der Waals surface area contributed by atoms with Crippen LogP contribution >= 0.6 is 0 Å². The first-order chi connectivity index (χ1) is 10.1. The van der Waals surface area contributed by atoms with Crippen LogP contribution in [-0.4, -0.2) is 23.4 Å². The molecule has 1 N–H and O–H groups in total. The number of carbonyl (C=O) groups excluding carboxylic acids is 1. The Morgan fingerprint density at radius 3 is 2.52 bits per heavy atom. The number of hydrogen-bond acceptors (Lipinski definition) is 2. The Bertz CT molecular complexity index is 453. The molecular formula is C18H28N2O. The van der Waals surface area contributed by atoms with Crippen LogP contribution in [0.25, 0.3) is 0 Å². The molecule has 0 aliphatic carbocycles. The van der Waals surface area contributed by atoms with Crippen LogP contribution in [0.3, 0.4) is 0 Å². The Balaban J connectivity index is 1.85. The second kappa shape index (κ2) is 7.60. The minimum Gasteiger partial charge on any atom is -0.352 e. The molecule has 1 saturated heterocycles. The lowest BCUT2D eigenvalue weighted by Gasteiger charge is -2.33. The van der Waals surface area contributed by atoms with Crippen molar-refractivity contribution < 1.29 is 4.79 Å². The molecule has 1 aromatic rings. The highest BCUT2D eigenvalue weighted by atomic mass is 16.1. The molecule has 1 unspecified atom stereocenters. The van der Waals surface area contributed by atoms with E-state index in [2.05, 4.69) is 41.4 Å². The standard InChI is InChI=1S/C18H28N2O/c1-14(2)18(21)19-12-16-7-9-17(10-8-16)13-20-11-5-4-6-15(20)3/h7-10,14-15H,4-6,11-13H2,1-3H3,(H,19,21). The summed E-state index contributed by atoms with van der Waals surface area (Å²) in [6.45, 7) is 9.04. The van der Waals surface area contributed by atoms with Gasteiger partial charge in [0, 0.05) is 25.0 Å². The third kappa shape index (κ3) is 4.85. The molecule has 1 atom stereocenters. The summed E-state index contributed by atoms with van der Waals surface area (Å²) < 4.78 is 0. The molecule has 3 nitrogen and oxygen atoms in total. The molecule has 0 bridgehead atoms. The van der Waals surface area contributed by atoms with Gasteiger partial charge in [-0.25, -0.2) is 0 Å². The molecule has 1 aliphatic rings. The number of benzene rings is 1. The predicted octanol–water partition coefficient (Wildman–Crippen LogP) is 3.33. The highest BCUT2D eigenvalue weighted by Crippen LogP contribution is 2.19. The van der Waals surface area contributed by atoms with Gasteiger partial charge in [0.05, 0.1) is 0 Å². The number of hydrogen-bond donors (Lipinski definition) is 1. The van der Waals surface area contributed by atoms with Gasteiger partial charge < -0.3 is 5.32 Å². The zero-order valence-corrected chi connectivity index (χ0v) is 13.6. The number of carbonyl (C=O) groups is 1. The van der Waals surface area contributed by atoms with Crippen LogP contribution in [0.2, 0.25) is 0 Å².